The molecule has 0 aliphatic carbocycles. The van der Waals surface area contributed by atoms with E-state index in [9.17, 15) is 0 Å². The third-order valence-electron chi connectivity index (χ3n) is 4.16. The van der Waals surface area contributed by atoms with E-state index in [1.54, 1.807) is 0 Å². The fourth-order valence-corrected chi connectivity index (χ4v) is 2.72. The van der Waals surface area contributed by atoms with Crippen LogP contribution in [0.2, 0.25) is 0 Å². The molecule has 6 heteroatoms. The molecule has 1 aliphatic rings. The van der Waals surface area contributed by atoms with Gasteiger partial charge in [-0.25, -0.2) is 4.98 Å². The Balaban J connectivity index is 1.45. The van der Waals surface area contributed by atoms with E-state index in [4.69, 9.17) is 4.74 Å². The Morgan fingerprint density at radius 3 is 2.50 bits per heavy atom. The van der Waals surface area contributed by atoms with E-state index in [1.807, 2.05) is 61.6 Å². The molecule has 1 saturated heterocycles. The van der Waals surface area contributed by atoms with Crippen molar-refractivity contribution in [3.8, 4) is 5.75 Å². The van der Waals surface area contributed by atoms with Crippen molar-refractivity contribution in [3.63, 3.8) is 0 Å². The van der Waals surface area contributed by atoms with Crippen LogP contribution in [0.3, 0.4) is 0 Å². The monoisotopic (exact) mass is 327 g/mol. The van der Waals surface area contributed by atoms with E-state index < -0.39 is 0 Å². The predicted molar refractivity (Wildman–Crippen MR) is 96.9 cm³/mol. The van der Waals surface area contributed by atoms with E-state index in [1.165, 1.54) is 0 Å². The van der Waals surface area contributed by atoms with Crippen LogP contribution in [0.25, 0.3) is 0 Å². The first-order chi connectivity index (χ1) is 11.7. The molecular weight excluding hydrogens is 302 g/mol. The first-order valence-corrected chi connectivity index (χ1v) is 8.38. The van der Waals surface area contributed by atoms with Crippen LogP contribution < -0.4 is 14.5 Å². The summed E-state index contributed by atoms with van der Waals surface area (Å²) in [4.78, 5) is 15.7. The molecule has 1 aromatic carbocycles. The van der Waals surface area contributed by atoms with Crippen molar-refractivity contribution in [1.82, 2.24) is 14.9 Å². The van der Waals surface area contributed by atoms with Gasteiger partial charge in [-0.1, -0.05) is 18.2 Å². The van der Waals surface area contributed by atoms with Crippen LogP contribution in [0, 0.1) is 0 Å². The first kappa shape index (κ1) is 16.5. The fourth-order valence-electron chi connectivity index (χ4n) is 2.72. The summed E-state index contributed by atoms with van der Waals surface area (Å²) in [7, 11) is 3.99. The van der Waals surface area contributed by atoms with Crippen LogP contribution in [0.4, 0.5) is 11.8 Å². The molecule has 0 saturated carbocycles. The second-order valence-corrected chi connectivity index (χ2v) is 6.10. The second kappa shape index (κ2) is 7.97. The average Bonchev–Trinajstić information content (AvgIpc) is 2.63. The van der Waals surface area contributed by atoms with Crippen molar-refractivity contribution in [2.75, 3.05) is 63.2 Å². The van der Waals surface area contributed by atoms with Crippen molar-refractivity contribution in [3.05, 3.63) is 42.6 Å². The number of hydrogen-bond donors (Lipinski definition) is 0. The summed E-state index contributed by atoms with van der Waals surface area (Å²) in [5.41, 5.74) is 0. The van der Waals surface area contributed by atoms with Crippen LogP contribution in [-0.2, 0) is 0 Å². The van der Waals surface area contributed by atoms with Crippen LogP contribution in [0.15, 0.2) is 42.6 Å². The highest BCUT2D eigenvalue weighted by molar-refractivity contribution is 5.42. The minimum absolute atomic E-state index is 0.719. The summed E-state index contributed by atoms with van der Waals surface area (Å²) in [6, 6.07) is 11.9. The number of ether oxygens (including phenoxy) is 1. The lowest BCUT2D eigenvalue weighted by Crippen LogP contribution is -2.48. The summed E-state index contributed by atoms with van der Waals surface area (Å²) in [6.07, 6.45) is 1.83. The third-order valence-corrected chi connectivity index (χ3v) is 4.16. The maximum absolute atomic E-state index is 5.78. The number of rotatable bonds is 6. The van der Waals surface area contributed by atoms with Crippen LogP contribution in [0.1, 0.15) is 0 Å². The van der Waals surface area contributed by atoms with Gasteiger partial charge in [0.1, 0.15) is 18.2 Å². The number of anilines is 2. The largest absolute Gasteiger partial charge is 0.492 e. The van der Waals surface area contributed by atoms with Gasteiger partial charge >= 0.3 is 0 Å². The molecule has 1 aromatic heterocycles. The molecule has 1 aliphatic heterocycles. The molecule has 1 fully saturated rings. The van der Waals surface area contributed by atoms with Gasteiger partial charge in [-0.3, -0.25) is 4.90 Å². The quantitative estimate of drug-likeness (QED) is 0.805. The van der Waals surface area contributed by atoms with Crippen molar-refractivity contribution in [2.45, 2.75) is 0 Å². The number of piperazine rings is 1. The molecule has 0 N–H and O–H groups in total. The standard InChI is InChI=1S/C18H25N5O/c1-21(2)17-8-9-19-18(20-17)23-12-10-22(11-13-23)14-15-24-16-6-4-3-5-7-16/h3-9H,10-15H2,1-2H3. The minimum atomic E-state index is 0.719. The van der Waals surface area contributed by atoms with Gasteiger partial charge < -0.3 is 14.5 Å². The molecule has 24 heavy (non-hydrogen) atoms. The molecule has 0 atom stereocenters. The predicted octanol–water partition coefficient (Wildman–Crippen LogP) is 1.74. The van der Waals surface area contributed by atoms with Crippen molar-refractivity contribution < 1.29 is 4.74 Å². The van der Waals surface area contributed by atoms with Gasteiger partial charge in [0.2, 0.25) is 5.95 Å². The van der Waals surface area contributed by atoms with Gasteiger partial charge in [0.25, 0.3) is 0 Å². The summed E-state index contributed by atoms with van der Waals surface area (Å²) in [5, 5.41) is 0. The Morgan fingerprint density at radius 1 is 1.04 bits per heavy atom. The lowest BCUT2D eigenvalue weighted by Gasteiger charge is -2.34. The van der Waals surface area contributed by atoms with E-state index in [2.05, 4.69) is 19.8 Å². The maximum atomic E-state index is 5.78. The van der Waals surface area contributed by atoms with Crippen molar-refractivity contribution in [1.29, 1.82) is 0 Å². The molecule has 0 spiro atoms. The molecular formula is C18H25N5O. The Morgan fingerprint density at radius 2 is 1.79 bits per heavy atom. The van der Waals surface area contributed by atoms with E-state index in [0.717, 1.165) is 56.8 Å². The maximum Gasteiger partial charge on any atom is 0.227 e. The van der Waals surface area contributed by atoms with E-state index in [-0.39, 0.29) is 0 Å². The Hall–Kier alpha value is -2.34. The smallest absolute Gasteiger partial charge is 0.227 e. The zero-order valence-electron chi connectivity index (χ0n) is 14.4. The van der Waals surface area contributed by atoms with Crippen LogP contribution in [0.5, 0.6) is 5.75 Å². The Kier molecular flexibility index (Phi) is 5.48. The Bertz CT molecular complexity index is 626. The Labute approximate surface area is 143 Å². The normalized spacial score (nSPS) is 15.3. The molecule has 3 rings (SSSR count). The molecule has 6 nitrogen and oxygen atoms in total. The minimum Gasteiger partial charge on any atom is -0.492 e. The van der Waals surface area contributed by atoms with E-state index in [0.29, 0.717) is 0 Å². The molecule has 0 bridgehead atoms. The van der Waals surface area contributed by atoms with Gasteiger partial charge in [0.15, 0.2) is 0 Å². The second-order valence-electron chi connectivity index (χ2n) is 6.10. The average molecular weight is 327 g/mol. The number of nitrogens with zero attached hydrogens (tertiary/aromatic N) is 5. The summed E-state index contributed by atoms with van der Waals surface area (Å²) < 4.78 is 5.78. The van der Waals surface area contributed by atoms with E-state index >= 15 is 0 Å². The third kappa shape index (κ3) is 4.35. The lowest BCUT2D eigenvalue weighted by atomic mass is 10.3. The summed E-state index contributed by atoms with van der Waals surface area (Å²) >= 11 is 0. The van der Waals surface area contributed by atoms with Crippen LogP contribution >= 0.6 is 0 Å². The van der Waals surface area contributed by atoms with Gasteiger partial charge in [-0.15, -0.1) is 0 Å². The molecule has 2 heterocycles. The molecule has 0 radical (unpaired) electrons. The topological polar surface area (TPSA) is 44.7 Å². The lowest BCUT2D eigenvalue weighted by molar-refractivity contribution is 0.200. The van der Waals surface area contributed by atoms with Gasteiger partial charge in [-0.2, -0.15) is 4.98 Å². The van der Waals surface area contributed by atoms with Gasteiger partial charge in [-0.05, 0) is 18.2 Å². The molecule has 0 unspecified atom stereocenters. The SMILES string of the molecule is CN(C)c1ccnc(N2CCN(CCOc3ccccc3)CC2)n1. The molecule has 0 amide bonds. The van der Waals surface area contributed by atoms with Crippen LogP contribution in [-0.4, -0.2) is 68.3 Å². The van der Waals surface area contributed by atoms with Gasteiger partial charge in [0.05, 0.1) is 0 Å². The zero-order valence-corrected chi connectivity index (χ0v) is 14.4. The van der Waals surface area contributed by atoms with Gasteiger partial charge in [0, 0.05) is 53.0 Å². The summed E-state index contributed by atoms with van der Waals surface area (Å²) in [5.74, 6) is 2.70. The highest BCUT2D eigenvalue weighted by Gasteiger charge is 2.19. The highest BCUT2D eigenvalue weighted by Crippen LogP contribution is 2.15. The summed E-state index contributed by atoms with van der Waals surface area (Å²) in [6.45, 7) is 5.57. The van der Waals surface area contributed by atoms with Crippen molar-refractivity contribution in [2.24, 2.45) is 0 Å². The molecule has 2 aromatic rings. The molecule has 128 valence electrons. The van der Waals surface area contributed by atoms with Crippen molar-refractivity contribution >= 4 is 11.8 Å². The first-order valence-electron chi connectivity index (χ1n) is 8.38. The zero-order chi connectivity index (χ0) is 16.8. The highest BCUT2D eigenvalue weighted by atomic mass is 16.5. The number of para-hydroxylation sites is 1. The number of aromatic nitrogens is 2. The fraction of sp³-hybridized carbons (Fsp3) is 0.444. The number of hydrogen-bond acceptors (Lipinski definition) is 6. The number of benzene rings is 1.